The maximum absolute atomic E-state index is 6.96. The molecule has 14 heavy (non-hydrogen) atoms. The van der Waals surface area contributed by atoms with Crippen molar-refractivity contribution >= 4 is 5.96 Å². The Morgan fingerprint density at radius 3 is 3.00 bits per heavy atom. The molecule has 0 aromatic heterocycles. The second-order valence-electron chi connectivity index (χ2n) is 3.25. The van der Waals surface area contributed by atoms with Crippen molar-refractivity contribution in [2.24, 2.45) is 5.73 Å². The minimum atomic E-state index is 0.0302. The summed E-state index contributed by atoms with van der Waals surface area (Å²) in [5, 5.41) is 9.72. The molecule has 0 saturated heterocycles. The molecule has 0 bridgehead atoms. The van der Waals surface area contributed by atoms with Gasteiger partial charge in [0.05, 0.1) is 0 Å². The van der Waals surface area contributed by atoms with Gasteiger partial charge in [-0.2, -0.15) is 0 Å². The van der Waals surface area contributed by atoms with E-state index in [-0.39, 0.29) is 5.96 Å². The molecule has 1 rings (SSSR count). The summed E-state index contributed by atoms with van der Waals surface area (Å²) < 4.78 is 0. The van der Waals surface area contributed by atoms with Crippen molar-refractivity contribution in [3.8, 4) is 0 Å². The van der Waals surface area contributed by atoms with Gasteiger partial charge in [-0.15, -0.1) is 0 Å². The first kappa shape index (κ1) is 10.6. The van der Waals surface area contributed by atoms with E-state index in [0.717, 1.165) is 6.42 Å². The van der Waals surface area contributed by atoms with Crippen molar-refractivity contribution < 1.29 is 0 Å². The van der Waals surface area contributed by atoms with Crippen molar-refractivity contribution in [2.45, 2.75) is 13.3 Å². The van der Waals surface area contributed by atoms with E-state index in [2.05, 4.69) is 36.9 Å². The number of hydrogen-bond acceptors (Lipinski definition) is 1. The minimum Gasteiger partial charge on any atom is -0.370 e. The molecule has 0 aliphatic carbocycles. The van der Waals surface area contributed by atoms with Crippen LogP contribution >= 0.6 is 0 Å². The second kappa shape index (κ2) is 5.27. The van der Waals surface area contributed by atoms with Crippen molar-refractivity contribution in [3.63, 3.8) is 0 Å². The Kier molecular flexibility index (Phi) is 3.98. The zero-order chi connectivity index (χ0) is 10.4. The summed E-state index contributed by atoms with van der Waals surface area (Å²) in [6.07, 6.45) is 3.01. The first-order valence-corrected chi connectivity index (χ1v) is 4.66. The molecule has 0 aliphatic heterocycles. The topological polar surface area (TPSA) is 61.9 Å². The third-order valence-electron chi connectivity index (χ3n) is 1.88. The number of nitrogens with one attached hydrogen (secondary N) is 2. The van der Waals surface area contributed by atoms with Crippen LogP contribution in [0.3, 0.4) is 0 Å². The first-order chi connectivity index (χ1) is 6.68. The van der Waals surface area contributed by atoms with Gasteiger partial charge >= 0.3 is 0 Å². The summed E-state index contributed by atoms with van der Waals surface area (Å²) in [6.45, 7) is 2.79. The van der Waals surface area contributed by atoms with Crippen LogP contribution in [0.25, 0.3) is 0 Å². The molecule has 75 valence electrons. The zero-order valence-corrected chi connectivity index (χ0v) is 8.38. The molecule has 3 nitrogen and oxygen atoms in total. The highest BCUT2D eigenvalue weighted by Crippen LogP contribution is 2.07. The number of aryl methyl sites for hydroxylation is 1. The van der Waals surface area contributed by atoms with Crippen LogP contribution in [-0.4, -0.2) is 12.5 Å². The average Bonchev–Trinajstić information content (AvgIpc) is 2.12. The van der Waals surface area contributed by atoms with Gasteiger partial charge in [-0.25, -0.2) is 0 Å². The maximum Gasteiger partial charge on any atom is 0.185 e. The molecule has 3 heteroatoms. The third-order valence-corrected chi connectivity index (χ3v) is 1.88. The van der Waals surface area contributed by atoms with E-state index >= 15 is 0 Å². The molecule has 4 N–H and O–H groups in total. The van der Waals surface area contributed by atoms with E-state index < -0.39 is 0 Å². The number of hydrogen-bond donors (Lipinski definition) is 3. The Labute approximate surface area is 84.8 Å². The Hall–Kier alpha value is -1.51. The fourth-order valence-corrected chi connectivity index (χ4v) is 1.24. The lowest BCUT2D eigenvalue weighted by molar-refractivity contribution is 0.849. The Bertz CT molecular complexity index is 307. The highest BCUT2D eigenvalue weighted by molar-refractivity contribution is 5.74. The monoisotopic (exact) mass is 190 g/mol. The lowest BCUT2D eigenvalue weighted by atomic mass is 10.1. The van der Waals surface area contributed by atoms with Gasteiger partial charge in [0.25, 0.3) is 0 Å². The van der Waals surface area contributed by atoms with Gasteiger partial charge in [-0.05, 0) is 25.3 Å². The van der Waals surface area contributed by atoms with Crippen molar-refractivity contribution in [1.82, 2.24) is 5.32 Å². The highest BCUT2D eigenvalue weighted by atomic mass is 15.0. The number of nitrogens with two attached hydrogens (primary N) is 1. The quantitative estimate of drug-likeness (QED) is 0.382. The van der Waals surface area contributed by atoms with Crippen molar-refractivity contribution in [1.29, 1.82) is 5.41 Å². The SMILES string of the molecule is Cc1cccc([CH]CCNC(=N)N)c1. The Morgan fingerprint density at radius 2 is 2.36 bits per heavy atom. The summed E-state index contributed by atoms with van der Waals surface area (Å²) in [6, 6.07) is 8.32. The van der Waals surface area contributed by atoms with Crippen LogP contribution < -0.4 is 11.1 Å². The largest absolute Gasteiger partial charge is 0.370 e. The van der Waals surface area contributed by atoms with Crippen LogP contribution in [0.15, 0.2) is 24.3 Å². The predicted octanol–water partition coefficient (Wildman–Crippen LogP) is 1.42. The lowest BCUT2D eigenvalue weighted by Gasteiger charge is -2.04. The molecule has 0 aliphatic rings. The normalized spacial score (nSPS) is 9.79. The molecule has 0 atom stereocenters. The summed E-state index contributed by atoms with van der Waals surface area (Å²) in [5.74, 6) is 0.0302. The smallest absolute Gasteiger partial charge is 0.185 e. The van der Waals surface area contributed by atoms with Gasteiger partial charge < -0.3 is 11.1 Å². The summed E-state index contributed by atoms with van der Waals surface area (Å²) in [7, 11) is 0. The molecule has 0 fully saturated rings. The van der Waals surface area contributed by atoms with Crippen LogP contribution in [0, 0.1) is 18.8 Å². The zero-order valence-electron chi connectivity index (χ0n) is 8.38. The summed E-state index contributed by atoms with van der Waals surface area (Å²) in [5.41, 5.74) is 7.63. The average molecular weight is 190 g/mol. The van der Waals surface area contributed by atoms with E-state index in [1.54, 1.807) is 0 Å². The molecule has 0 amide bonds. The fraction of sp³-hybridized carbons (Fsp3) is 0.273. The minimum absolute atomic E-state index is 0.0302. The van der Waals surface area contributed by atoms with Crippen LogP contribution in [0.5, 0.6) is 0 Å². The fourth-order valence-electron chi connectivity index (χ4n) is 1.24. The van der Waals surface area contributed by atoms with Crippen molar-refractivity contribution in [2.75, 3.05) is 6.54 Å². The molecular formula is C11H16N3. The number of guanidine groups is 1. The van der Waals surface area contributed by atoms with Crippen LogP contribution in [-0.2, 0) is 0 Å². The van der Waals surface area contributed by atoms with E-state index in [9.17, 15) is 0 Å². The molecule has 1 aromatic carbocycles. The van der Waals surface area contributed by atoms with Gasteiger partial charge in [0, 0.05) is 6.54 Å². The highest BCUT2D eigenvalue weighted by Gasteiger charge is 1.94. The van der Waals surface area contributed by atoms with Gasteiger partial charge in [0.2, 0.25) is 0 Å². The van der Waals surface area contributed by atoms with E-state index in [0.29, 0.717) is 6.54 Å². The Morgan fingerprint density at radius 1 is 1.57 bits per heavy atom. The molecule has 0 heterocycles. The van der Waals surface area contributed by atoms with Crippen LogP contribution in [0.1, 0.15) is 17.5 Å². The molecule has 1 radical (unpaired) electrons. The van der Waals surface area contributed by atoms with Gasteiger partial charge in [-0.1, -0.05) is 29.8 Å². The van der Waals surface area contributed by atoms with Crippen LogP contribution in [0.2, 0.25) is 0 Å². The van der Waals surface area contributed by atoms with E-state index in [1.165, 1.54) is 11.1 Å². The standard InChI is InChI=1S/C11H16N3/c1-9-4-2-5-10(8-9)6-3-7-14-11(12)13/h2,4-6,8H,3,7H2,1H3,(H4,12,13,14). The number of rotatable bonds is 4. The molecular weight excluding hydrogens is 174 g/mol. The molecule has 0 saturated carbocycles. The maximum atomic E-state index is 6.96. The summed E-state index contributed by atoms with van der Waals surface area (Å²) >= 11 is 0. The van der Waals surface area contributed by atoms with Gasteiger partial charge in [-0.3, -0.25) is 5.41 Å². The van der Waals surface area contributed by atoms with Gasteiger partial charge in [0.15, 0.2) is 5.96 Å². The Balaban J connectivity index is 2.28. The van der Waals surface area contributed by atoms with Crippen molar-refractivity contribution in [3.05, 3.63) is 41.8 Å². The second-order valence-corrected chi connectivity index (χ2v) is 3.25. The number of benzene rings is 1. The lowest BCUT2D eigenvalue weighted by Crippen LogP contribution is -2.30. The van der Waals surface area contributed by atoms with Crippen LogP contribution in [0.4, 0.5) is 0 Å². The first-order valence-electron chi connectivity index (χ1n) is 4.66. The van der Waals surface area contributed by atoms with E-state index in [1.807, 2.05) is 6.07 Å². The van der Waals surface area contributed by atoms with Gasteiger partial charge in [0.1, 0.15) is 0 Å². The third kappa shape index (κ3) is 3.94. The molecule has 0 spiro atoms. The summed E-state index contributed by atoms with van der Waals surface area (Å²) in [4.78, 5) is 0. The van der Waals surface area contributed by atoms with E-state index in [4.69, 9.17) is 11.1 Å². The molecule has 0 unspecified atom stereocenters. The molecule has 1 aromatic rings. The predicted molar refractivity (Wildman–Crippen MR) is 59.1 cm³/mol.